The Balaban J connectivity index is 1.73. The zero-order valence-electron chi connectivity index (χ0n) is 16.9. The van der Waals surface area contributed by atoms with Crippen molar-refractivity contribution in [2.45, 2.75) is 38.4 Å². The summed E-state index contributed by atoms with van der Waals surface area (Å²) < 4.78 is 46.3. The second-order valence-electron chi connectivity index (χ2n) is 7.46. The van der Waals surface area contributed by atoms with E-state index in [0.29, 0.717) is 51.4 Å². The Kier molecular flexibility index (Phi) is 7.06. The van der Waals surface area contributed by atoms with Gasteiger partial charge in [0.05, 0.1) is 24.5 Å². The minimum atomic E-state index is -4.61. The van der Waals surface area contributed by atoms with Crippen molar-refractivity contribution in [2.24, 2.45) is 0 Å². The molecule has 1 aromatic carbocycles. The first-order valence-electron chi connectivity index (χ1n) is 10.2. The molecule has 0 bridgehead atoms. The number of likely N-dealkylation sites (tertiary alicyclic amines) is 1. The standard InChI is InChI=1S/C20H27F3N4O3/c1-2-18(28)24-14-4-3-7-27(13-14)19(29)25-17-6-5-15(12-16(17)20(21,22)23)26-8-10-30-11-9-26/h5-6,12,14H,2-4,7-11,13H2,1H3,(H,24,28)(H,25,29). The van der Waals surface area contributed by atoms with Crippen LogP contribution in [0.2, 0.25) is 0 Å². The molecule has 2 aliphatic heterocycles. The minimum absolute atomic E-state index is 0.111. The van der Waals surface area contributed by atoms with Crippen LogP contribution in [0.25, 0.3) is 0 Å². The van der Waals surface area contributed by atoms with Crippen molar-refractivity contribution < 1.29 is 27.5 Å². The highest BCUT2D eigenvalue weighted by Gasteiger charge is 2.35. The Hall–Kier alpha value is -2.49. The van der Waals surface area contributed by atoms with Gasteiger partial charge in [0, 0.05) is 44.3 Å². The van der Waals surface area contributed by atoms with E-state index in [1.165, 1.54) is 11.0 Å². The molecule has 0 spiro atoms. The number of alkyl halides is 3. The third kappa shape index (κ3) is 5.56. The number of hydrogen-bond donors (Lipinski definition) is 2. The first kappa shape index (κ1) is 22.2. The maximum atomic E-state index is 13.7. The molecule has 3 rings (SSSR count). The van der Waals surface area contributed by atoms with Gasteiger partial charge >= 0.3 is 12.2 Å². The number of urea groups is 1. The van der Waals surface area contributed by atoms with Gasteiger partial charge in [0.15, 0.2) is 0 Å². The van der Waals surface area contributed by atoms with E-state index in [0.717, 1.165) is 12.5 Å². The lowest BCUT2D eigenvalue weighted by Crippen LogP contribution is -2.50. The van der Waals surface area contributed by atoms with E-state index in [9.17, 15) is 22.8 Å². The van der Waals surface area contributed by atoms with Gasteiger partial charge in [-0.1, -0.05) is 6.92 Å². The molecule has 30 heavy (non-hydrogen) atoms. The highest BCUT2D eigenvalue weighted by atomic mass is 19.4. The number of morpholine rings is 1. The van der Waals surface area contributed by atoms with Crippen LogP contribution in [-0.4, -0.2) is 62.3 Å². The second kappa shape index (κ2) is 9.55. The molecule has 2 heterocycles. The van der Waals surface area contributed by atoms with Gasteiger partial charge in [-0.25, -0.2) is 4.79 Å². The highest BCUT2D eigenvalue weighted by molar-refractivity contribution is 5.91. The maximum Gasteiger partial charge on any atom is 0.418 e. The van der Waals surface area contributed by atoms with Crippen molar-refractivity contribution in [3.63, 3.8) is 0 Å². The van der Waals surface area contributed by atoms with Crippen molar-refractivity contribution >= 4 is 23.3 Å². The fraction of sp³-hybridized carbons (Fsp3) is 0.600. The number of benzene rings is 1. The molecule has 166 valence electrons. The monoisotopic (exact) mass is 428 g/mol. The van der Waals surface area contributed by atoms with E-state index in [1.54, 1.807) is 13.0 Å². The fourth-order valence-corrected chi connectivity index (χ4v) is 3.70. The molecule has 0 radical (unpaired) electrons. The molecule has 7 nitrogen and oxygen atoms in total. The van der Waals surface area contributed by atoms with Gasteiger partial charge < -0.3 is 25.2 Å². The number of hydrogen-bond acceptors (Lipinski definition) is 4. The summed E-state index contributed by atoms with van der Waals surface area (Å²) >= 11 is 0. The topological polar surface area (TPSA) is 73.9 Å². The molecule has 0 aliphatic carbocycles. The first-order valence-corrected chi connectivity index (χ1v) is 10.2. The van der Waals surface area contributed by atoms with E-state index in [1.807, 2.05) is 4.90 Å². The maximum absolute atomic E-state index is 13.7. The molecule has 3 amide bonds. The number of piperidine rings is 1. The zero-order chi connectivity index (χ0) is 21.7. The van der Waals surface area contributed by atoms with Crippen LogP contribution >= 0.6 is 0 Å². The molecule has 2 aliphatic rings. The van der Waals surface area contributed by atoms with Crippen LogP contribution in [0.1, 0.15) is 31.7 Å². The van der Waals surface area contributed by atoms with Crippen molar-refractivity contribution in [1.29, 1.82) is 0 Å². The van der Waals surface area contributed by atoms with Crippen LogP contribution in [0.5, 0.6) is 0 Å². The summed E-state index contributed by atoms with van der Waals surface area (Å²) in [5, 5.41) is 5.26. The average molecular weight is 428 g/mol. The van der Waals surface area contributed by atoms with Crippen LogP contribution in [0.3, 0.4) is 0 Å². The smallest absolute Gasteiger partial charge is 0.378 e. The number of halogens is 3. The molecule has 2 fully saturated rings. The summed E-state index contributed by atoms with van der Waals surface area (Å²) in [6.45, 7) is 4.39. The van der Waals surface area contributed by atoms with Crippen LogP contribution in [-0.2, 0) is 15.7 Å². The summed E-state index contributed by atoms with van der Waals surface area (Å²) in [6, 6.07) is 3.15. The third-order valence-electron chi connectivity index (χ3n) is 5.32. The number of carbonyl (C=O) groups is 2. The lowest BCUT2D eigenvalue weighted by atomic mass is 10.1. The zero-order valence-corrected chi connectivity index (χ0v) is 16.9. The molecule has 1 atom stereocenters. The SMILES string of the molecule is CCC(=O)NC1CCCN(C(=O)Nc2ccc(N3CCOCC3)cc2C(F)(F)F)C1. The van der Waals surface area contributed by atoms with E-state index in [2.05, 4.69) is 10.6 Å². The fourth-order valence-electron chi connectivity index (χ4n) is 3.70. The van der Waals surface area contributed by atoms with Crippen LogP contribution in [0, 0.1) is 0 Å². The van der Waals surface area contributed by atoms with Gasteiger partial charge in [-0.2, -0.15) is 13.2 Å². The second-order valence-corrected chi connectivity index (χ2v) is 7.46. The van der Waals surface area contributed by atoms with Crippen LogP contribution in [0.4, 0.5) is 29.3 Å². The molecule has 1 unspecified atom stereocenters. The lowest BCUT2D eigenvalue weighted by Gasteiger charge is -2.33. The van der Waals surface area contributed by atoms with Gasteiger partial charge in [-0.15, -0.1) is 0 Å². The highest BCUT2D eigenvalue weighted by Crippen LogP contribution is 2.37. The number of anilines is 2. The van der Waals surface area contributed by atoms with E-state index >= 15 is 0 Å². The number of amides is 3. The molecule has 0 aromatic heterocycles. The molecule has 10 heteroatoms. The number of nitrogens with zero attached hydrogens (tertiary/aromatic N) is 2. The van der Waals surface area contributed by atoms with Gasteiger partial charge in [-0.05, 0) is 31.0 Å². The van der Waals surface area contributed by atoms with Gasteiger partial charge in [0.25, 0.3) is 0 Å². The van der Waals surface area contributed by atoms with Crippen molar-refractivity contribution in [3.05, 3.63) is 23.8 Å². The van der Waals surface area contributed by atoms with E-state index < -0.39 is 17.8 Å². The Morgan fingerprint density at radius 1 is 1.20 bits per heavy atom. The van der Waals surface area contributed by atoms with Crippen molar-refractivity contribution in [3.8, 4) is 0 Å². The Morgan fingerprint density at radius 2 is 1.93 bits per heavy atom. The first-order chi connectivity index (χ1) is 14.3. The largest absolute Gasteiger partial charge is 0.418 e. The van der Waals surface area contributed by atoms with Gasteiger partial charge in [-0.3, -0.25) is 4.79 Å². The van der Waals surface area contributed by atoms with Crippen molar-refractivity contribution in [2.75, 3.05) is 49.6 Å². The quantitative estimate of drug-likeness (QED) is 0.773. The lowest BCUT2D eigenvalue weighted by molar-refractivity contribution is -0.136. The van der Waals surface area contributed by atoms with Crippen LogP contribution in [0.15, 0.2) is 18.2 Å². The Bertz CT molecular complexity index is 766. The summed E-state index contributed by atoms with van der Waals surface area (Å²) in [5.41, 5.74) is -0.708. The molecular weight excluding hydrogens is 401 g/mol. The molecule has 1 aromatic rings. The number of nitrogens with one attached hydrogen (secondary N) is 2. The molecular formula is C20H27F3N4O3. The van der Waals surface area contributed by atoms with E-state index in [-0.39, 0.29) is 24.2 Å². The number of rotatable bonds is 4. The Labute approximate surface area is 173 Å². The summed E-state index contributed by atoms with van der Waals surface area (Å²) in [6.07, 6.45) is -2.86. The number of ether oxygens (including phenoxy) is 1. The van der Waals surface area contributed by atoms with Gasteiger partial charge in [0.1, 0.15) is 0 Å². The Morgan fingerprint density at radius 3 is 2.60 bits per heavy atom. The van der Waals surface area contributed by atoms with Crippen molar-refractivity contribution in [1.82, 2.24) is 10.2 Å². The summed E-state index contributed by atoms with van der Waals surface area (Å²) in [5.74, 6) is -0.111. The third-order valence-corrected chi connectivity index (χ3v) is 5.32. The van der Waals surface area contributed by atoms with Gasteiger partial charge in [0.2, 0.25) is 5.91 Å². The normalized spacial score (nSPS) is 20.1. The predicted molar refractivity (Wildman–Crippen MR) is 107 cm³/mol. The average Bonchev–Trinajstić information content (AvgIpc) is 2.74. The summed E-state index contributed by atoms with van der Waals surface area (Å²) in [4.78, 5) is 27.5. The van der Waals surface area contributed by atoms with Crippen LogP contribution < -0.4 is 15.5 Å². The number of carbonyl (C=O) groups excluding carboxylic acids is 2. The predicted octanol–water partition coefficient (Wildman–Crippen LogP) is 3.06. The molecule has 0 saturated carbocycles. The molecule has 2 N–H and O–H groups in total. The van der Waals surface area contributed by atoms with E-state index in [4.69, 9.17) is 4.74 Å². The minimum Gasteiger partial charge on any atom is -0.378 e. The molecule has 2 saturated heterocycles. The summed E-state index contributed by atoms with van der Waals surface area (Å²) in [7, 11) is 0.